The average Bonchev–Trinajstić information content (AvgIpc) is 3.62. The van der Waals surface area contributed by atoms with E-state index in [-0.39, 0.29) is 12.5 Å². The lowest BCUT2D eigenvalue weighted by atomic mass is 10.1. The highest BCUT2D eigenvalue weighted by molar-refractivity contribution is 6.31. The van der Waals surface area contributed by atoms with Gasteiger partial charge in [0.15, 0.2) is 5.65 Å². The number of benzene rings is 1. The topological polar surface area (TPSA) is 93.7 Å². The van der Waals surface area contributed by atoms with Crippen LogP contribution in [0.3, 0.4) is 0 Å². The molecule has 0 amide bonds. The van der Waals surface area contributed by atoms with E-state index in [9.17, 15) is 18.0 Å². The molecular weight excluding hydrogens is 561 g/mol. The van der Waals surface area contributed by atoms with E-state index in [0.717, 1.165) is 53.6 Å². The molecule has 1 N–H and O–H groups in total. The lowest BCUT2D eigenvalue weighted by molar-refractivity contribution is -0.201. The summed E-state index contributed by atoms with van der Waals surface area (Å²) in [5.74, 6) is -1.22. The Balaban J connectivity index is 1.38. The van der Waals surface area contributed by atoms with Crippen LogP contribution in [0.4, 0.5) is 30.4 Å². The highest BCUT2D eigenvalue weighted by Gasteiger charge is 2.43. The van der Waals surface area contributed by atoms with E-state index in [0.29, 0.717) is 54.6 Å². The van der Waals surface area contributed by atoms with Gasteiger partial charge in [-0.05, 0) is 56.5 Å². The van der Waals surface area contributed by atoms with Crippen LogP contribution in [0, 0.1) is 6.92 Å². The molecule has 0 atom stereocenters. The van der Waals surface area contributed by atoms with Crippen LogP contribution in [0.15, 0.2) is 18.5 Å². The number of aromatic nitrogens is 4. The molecule has 4 heterocycles. The van der Waals surface area contributed by atoms with Crippen LogP contribution in [-0.4, -0.2) is 89.6 Å². The van der Waals surface area contributed by atoms with Crippen molar-refractivity contribution < 1.29 is 22.8 Å². The Morgan fingerprint density at radius 2 is 1.78 bits per heavy atom. The van der Waals surface area contributed by atoms with Crippen molar-refractivity contribution in [3.63, 3.8) is 0 Å². The molecule has 0 unspecified atom stereocenters. The van der Waals surface area contributed by atoms with Crippen LogP contribution in [0.25, 0.3) is 11.0 Å². The molecule has 3 aromatic rings. The molecule has 2 saturated heterocycles. The van der Waals surface area contributed by atoms with Gasteiger partial charge < -0.3 is 19.5 Å². The van der Waals surface area contributed by atoms with Gasteiger partial charge in [-0.15, -0.1) is 0 Å². The first-order valence-corrected chi connectivity index (χ1v) is 14.2. The number of nitrogens with zero attached hydrogens (tertiary/aromatic N) is 7. The van der Waals surface area contributed by atoms with Gasteiger partial charge in [-0.3, -0.25) is 5.10 Å². The third-order valence-electron chi connectivity index (χ3n) is 7.68. The van der Waals surface area contributed by atoms with Gasteiger partial charge in [-0.2, -0.15) is 18.3 Å². The minimum Gasteiger partial charge on any atom is -0.368 e. The summed E-state index contributed by atoms with van der Waals surface area (Å²) < 4.78 is 39.5. The number of hydrogen-bond acceptors (Lipinski definition) is 9. The van der Waals surface area contributed by atoms with Crippen molar-refractivity contribution >= 4 is 45.8 Å². The van der Waals surface area contributed by atoms with Crippen molar-refractivity contribution in [1.29, 1.82) is 0 Å². The molecule has 0 saturated carbocycles. The Morgan fingerprint density at radius 3 is 2.44 bits per heavy atom. The second-order valence-corrected chi connectivity index (χ2v) is 11.2. The van der Waals surface area contributed by atoms with Crippen molar-refractivity contribution in [3.05, 3.63) is 34.7 Å². The number of H-pyrrole nitrogens is 1. The molecule has 222 valence electrons. The van der Waals surface area contributed by atoms with Gasteiger partial charge in [0, 0.05) is 43.4 Å². The van der Waals surface area contributed by atoms with Gasteiger partial charge in [0.1, 0.15) is 12.1 Å². The number of fused-ring (bicyclic) bond motifs is 1. The zero-order valence-electron chi connectivity index (χ0n) is 23.3. The predicted molar refractivity (Wildman–Crippen MR) is 152 cm³/mol. The summed E-state index contributed by atoms with van der Waals surface area (Å²) in [5.41, 5.74) is 3.40. The lowest BCUT2D eigenvalue weighted by Crippen LogP contribution is -2.47. The van der Waals surface area contributed by atoms with Crippen molar-refractivity contribution in [2.45, 2.75) is 45.7 Å². The molecule has 41 heavy (non-hydrogen) atoms. The van der Waals surface area contributed by atoms with Crippen molar-refractivity contribution in [2.75, 3.05) is 67.2 Å². The van der Waals surface area contributed by atoms with Crippen LogP contribution in [-0.2, 0) is 9.63 Å². The smallest absolute Gasteiger partial charge is 0.368 e. The largest absolute Gasteiger partial charge is 0.493 e. The second kappa shape index (κ2) is 11.9. The van der Waals surface area contributed by atoms with Crippen molar-refractivity contribution in [1.82, 2.24) is 25.1 Å². The normalized spacial score (nSPS) is 16.7. The molecular formula is C27H34ClF3N8O2. The number of rotatable bonds is 8. The molecule has 2 fully saturated rings. The third kappa shape index (κ3) is 6.30. The maximum absolute atomic E-state index is 13.2. The molecule has 0 aliphatic carbocycles. The van der Waals surface area contributed by atoms with E-state index in [1.54, 1.807) is 12.1 Å². The lowest BCUT2D eigenvalue weighted by Gasteiger charge is -2.38. The standard InChI is InChI=1S/C27H34ClF3N8O2/c1-17(2)23-22-24(35-34-23)32-16-33-25(22)38-11-9-37(10-12-38)20-14-19(28)15-21(18(20)3)39(41-26(40)27(29,30)31)13-8-36-6-4-5-7-36/h14-17H,4-13H2,1-3H3,(H,32,33,34,35). The number of alkyl halides is 3. The van der Waals surface area contributed by atoms with Crippen LogP contribution in [0.5, 0.6) is 0 Å². The van der Waals surface area contributed by atoms with Gasteiger partial charge >= 0.3 is 12.1 Å². The van der Waals surface area contributed by atoms with Crippen LogP contribution >= 0.6 is 11.6 Å². The Morgan fingerprint density at radius 1 is 1.10 bits per heavy atom. The van der Waals surface area contributed by atoms with Gasteiger partial charge in [0.2, 0.25) is 0 Å². The monoisotopic (exact) mass is 594 g/mol. The van der Waals surface area contributed by atoms with E-state index in [4.69, 9.17) is 16.4 Å². The summed E-state index contributed by atoms with van der Waals surface area (Å²) in [6.45, 7) is 10.8. The quantitative estimate of drug-likeness (QED) is 0.373. The molecule has 14 heteroatoms. The summed E-state index contributed by atoms with van der Waals surface area (Å²) in [4.78, 5) is 32.1. The number of piperazine rings is 1. The molecule has 2 aliphatic heterocycles. The summed E-state index contributed by atoms with van der Waals surface area (Å²) in [7, 11) is 0. The fourth-order valence-corrected chi connectivity index (χ4v) is 5.73. The van der Waals surface area contributed by atoms with Gasteiger partial charge in [0.05, 0.1) is 23.3 Å². The summed E-state index contributed by atoms with van der Waals surface area (Å²) >= 11 is 6.50. The summed E-state index contributed by atoms with van der Waals surface area (Å²) in [6.07, 6.45) is -1.53. The van der Waals surface area contributed by atoms with E-state index in [1.807, 2.05) is 6.92 Å². The van der Waals surface area contributed by atoms with E-state index in [2.05, 4.69) is 48.7 Å². The third-order valence-corrected chi connectivity index (χ3v) is 7.90. The van der Waals surface area contributed by atoms with E-state index < -0.39 is 12.1 Å². The average molecular weight is 595 g/mol. The van der Waals surface area contributed by atoms with Gasteiger partial charge in [-0.1, -0.05) is 25.4 Å². The fourth-order valence-electron chi connectivity index (χ4n) is 5.52. The molecule has 0 bridgehead atoms. The number of carbonyl (C=O) groups excluding carboxylic acids is 1. The molecule has 0 spiro atoms. The maximum atomic E-state index is 13.2. The number of hydrogen-bond donors (Lipinski definition) is 1. The molecule has 10 nitrogen and oxygen atoms in total. The van der Waals surface area contributed by atoms with E-state index >= 15 is 0 Å². The van der Waals surface area contributed by atoms with E-state index in [1.165, 1.54) is 6.33 Å². The van der Waals surface area contributed by atoms with Gasteiger partial charge in [-0.25, -0.2) is 19.8 Å². The molecule has 2 aliphatic rings. The van der Waals surface area contributed by atoms with Crippen molar-refractivity contribution in [3.8, 4) is 0 Å². The first kappa shape index (κ1) is 29.2. The van der Waals surface area contributed by atoms with Crippen LogP contribution in [0.1, 0.15) is 43.9 Å². The summed E-state index contributed by atoms with van der Waals surface area (Å²) in [5, 5.41) is 9.73. The number of aromatic amines is 1. The zero-order chi connectivity index (χ0) is 29.3. The second-order valence-electron chi connectivity index (χ2n) is 10.8. The summed E-state index contributed by atoms with van der Waals surface area (Å²) in [6, 6.07) is 3.35. The first-order chi connectivity index (χ1) is 19.5. The van der Waals surface area contributed by atoms with Gasteiger partial charge in [0.25, 0.3) is 0 Å². The minimum atomic E-state index is -5.12. The molecule has 1 aromatic carbocycles. The number of anilines is 3. The Bertz CT molecular complexity index is 1380. The molecule has 2 aromatic heterocycles. The number of halogens is 4. The maximum Gasteiger partial charge on any atom is 0.493 e. The number of nitrogens with one attached hydrogen (secondary N) is 1. The van der Waals surface area contributed by atoms with Crippen molar-refractivity contribution in [2.24, 2.45) is 0 Å². The highest BCUT2D eigenvalue weighted by Crippen LogP contribution is 2.36. The Kier molecular flexibility index (Phi) is 8.46. The Hall–Kier alpha value is -3.32. The fraction of sp³-hybridized carbons (Fsp3) is 0.556. The highest BCUT2D eigenvalue weighted by atomic mass is 35.5. The minimum absolute atomic E-state index is 0.0861. The molecule has 0 radical (unpaired) electrons. The van der Waals surface area contributed by atoms with Crippen LogP contribution < -0.4 is 14.9 Å². The number of hydroxylamine groups is 1. The first-order valence-electron chi connectivity index (χ1n) is 13.8. The van der Waals surface area contributed by atoms with Crippen LogP contribution in [0.2, 0.25) is 5.02 Å². The number of likely N-dealkylation sites (tertiary alicyclic amines) is 1. The number of carbonyl (C=O) groups is 1. The zero-order valence-corrected chi connectivity index (χ0v) is 24.1. The Labute approximate surface area is 241 Å². The SMILES string of the molecule is Cc1c(N2CCN(c3ncnc4n[nH]c(C(C)C)c34)CC2)cc(Cl)cc1N(CCN1CCCC1)OC(=O)C(F)(F)F. The predicted octanol–water partition coefficient (Wildman–Crippen LogP) is 4.69. The molecule has 5 rings (SSSR count).